The molecule has 0 aliphatic rings. The van der Waals surface area contributed by atoms with Crippen LogP contribution in [0, 0.1) is 11.3 Å². The van der Waals surface area contributed by atoms with Crippen LogP contribution in [0.3, 0.4) is 0 Å². The van der Waals surface area contributed by atoms with Crippen LogP contribution in [0.1, 0.15) is 5.56 Å². The Kier molecular flexibility index (Phi) is 4.33. The van der Waals surface area contributed by atoms with Crippen molar-refractivity contribution in [1.82, 2.24) is 0 Å². The van der Waals surface area contributed by atoms with Crippen LogP contribution in [-0.2, 0) is 10.0 Å². The monoisotopic (exact) mass is 370 g/mol. The summed E-state index contributed by atoms with van der Waals surface area (Å²) >= 11 is 9.21. The van der Waals surface area contributed by atoms with Crippen LogP contribution >= 0.6 is 27.5 Å². The van der Waals surface area contributed by atoms with Crippen molar-refractivity contribution in [1.29, 1.82) is 5.26 Å². The number of nitrogens with zero attached hydrogens (tertiary/aromatic N) is 1. The van der Waals surface area contributed by atoms with Gasteiger partial charge in [0.25, 0.3) is 10.0 Å². The van der Waals surface area contributed by atoms with Crippen molar-refractivity contribution in [2.45, 2.75) is 4.90 Å². The summed E-state index contributed by atoms with van der Waals surface area (Å²) in [7, 11) is -3.78. The lowest BCUT2D eigenvalue weighted by molar-refractivity contribution is 0.601. The number of hydrogen-bond acceptors (Lipinski definition) is 3. The predicted molar refractivity (Wildman–Crippen MR) is 81.1 cm³/mol. The molecule has 2 aromatic rings. The number of hydrogen-bond donors (Lipinski definition) is 1. The molecule has 0 saturated heterocycles. The summed E-state index contributed by atoms with van der Waals surface area (Å²) in [6.07, 6.45) is 0. The van der Waals surface area contributed by atoms with E-state index in [0.717, 1.165) is 4.47 Å². The molecule has 0 spiro atoms. The minimum Gasteiger partial charge on any atom is -0.278 e. The van der Waals surface area contributed by atoms with Crippen molar-refractivity contribution in [3.05, 3.63) is 57.5 Å². The summed E-state index contributed by atoms with van der Waals surface area (Å²) in [6, 6.07) is 12.5. The molecule has 0 aliphatic heterocycles. The molecule has 0 amide bonds. The quantitative estimate of drug-likeness (QED) is 0.892. The van der Waals surface area contributed by atoms with Crippen LogP contribution in [0.5, 0.6) is 0 Å². The van der Waals surface area contributed by atoms with Crippen LogP contribution in [0.4, 0.5) is 5.69 Å². The molecule has 7 heteroatoms. The van der Waals surface area contributed by atoms with Gasteiger partial charge < -0.3 is 0 Å². The molecule has 0 aromatic heterocycles. The highest BCUT2D eigenvalue weighted by Crippen LogP contribution is 2.27. The van der Waals surface area contributed by atoms with Gasteiger partial charge in [0.15, 0.2) is 0 Å². The Bertz CT molecular complexity index is 800. The summed E-state index contributed by atoms with van der Waals surface area (Å²) in [5.41, 5.74) is 0.548. The fourth-order valence-corrected chi connectivity index (χ4v) is 3.41. The van der Waals surface area contributed by atoms with E-state index in [-0.39, 0.29) is 21.2 Å². The fraction of sp³-hybridized carbons (Fsp3) is 0. The van der Waals surface area contributed by atoms with Crippen molar-refractivity contribution in [3.63, 3.8) is 0 Å². The van der Waals surface area contributed by atoms with Gasteiger partial charge in [-0.15, -0.1) is 0 Å². The van der Waals surface area contributed by atoms with Gasteiger partial charge in [-0.2, -0.15) is 5.26 Å². The highest BCUT2D eigenvalue weighted by Gasteiger charge is 2.16. The number of benzene rings is 2. The van der Waals surface area contributed by atoms with Crippen molar-refractivity contribution >= 4 is 43.2 Å². The lowest BCUT2D eigenvalue weighted by atomic mass is 10.2. The van der Waals surface area contributed by atoms with E-state index in [1.54, 1.807) is 18.2 Å². The maximum absolute atomic E-state index is 12.2. The number of sulfonamides is 1. The van der Waals surface area contributed by atoms with Crippen molar-refractivity contribution in [2.24, 2.45) is 0 Å². The molecule has 0 atom stereocenters. The average Bonchev–Trinajstić information content (AvgIpc) is 2.42. The maximum Gasteiger partial charge on any atom is 0.261 e. The summed E-state index contributed by atoms with van der Waals surface area (Å²) in [5.74, 6) is 0. The van der Waals surface area contributed by atoms with E-state index in [9.17, 15) is 8.42 Å². The van der Waals surface area contributed by atoms with Gasteiger partial charge in [0.2, 0.25) is 0 Å². The van der Waals surface area contributed by atoms with E-state index in [1.165, 1.54) is 24.3 Å². The smallest absolute Gasteiger partial charge is 0.261 e. The van der Waals surface area contributed by atoms with Crippen molar-refractivity contribution in [2.75, 3.05) is 4.72 Å². The third-order valence-electron chi connectivity index (χ3n) is 2.45. The Morgan fingerprint density at radius 1 is 1.20 bits per heavy atom. The largest absolute Gasteiger partial charge is 0.278 e. The first-order valence-corrected chi connectivity index (χ1v) is 8.06. The van der Waals surface area contributed by atoms with E-state index < -0.39 is 10.0 Å². The molecule has 2 rings (SSSR count). The third kappa shape index (κ3) is 3.31. The molecule has 0 radical (unpaired) electrons. The molecule has 4 nitrogen and oxygen atoms in total. The van der Waals surface area contributed by atoms with Crippen molar-refractivity contribution in [3.8, 4) is 6.07 Å². The zero-order valence-electron chi connectivity index (χ0n) is 9.97. The van der Waals surface area contributed by atoms with E-state index in [2.05, 4.69) is 20.7 Å². The van der Waals surface area contributed by atoms with Gasteiger partial charge in [-0.1, -0.05) is 33.6 Å². The molecular weight excluding hydrogens is 364 g/mol. The molecule has 102 valence electrons. The van der Waals surface area contributed by atoms with E-state index in [0.29, 0.717) is 0 Å². The van der Waals surface area contributed by atoms with Gasteiger partial charge in [0, 0.05) is 4.47 Å². The molecule has 0 aliphatic carbocycles. The summed E-state index contributed by atoms with van der Waals surface area (Å²) in [4.78, 5) is 0.00976. The Morgan fingerprint density at radius 2 is 1.95 bits per heavy atom. The summed E-state index contributed by atoms with van der Waals surface area (Å²) in [5, 5.41) is 9.08. The zero-order valence-corrected chi connectivity index (χ0v) is 13.1. The number of halogens is 2. The van der Waals surface area contributed by atoms with Crippen LogP contribution in [0.15, 0.2) is 51.8 Å². The van der Waals surface area contributed by atoms with Crippen molar-refractivity contribution < 1.29 is 8.42 Å². The highest BCUT2D eigenvalue weighted by molar-refractivity contribution is 9.10. The maximum atomic E-state index is 12.2. The minimum atomic E-state index is -3.78. The normalized spacial score (nSPS) is 10.8. The molecule has 0 bridgehead atoms. The molecule has 20 heavy (non-hydrogen) atoms. The first kappa shape index (κ1) is 14.9. The lowest BCUT2D eigenvalue weighted by Crippen LogP contribution is -2.13. The Labute approximate surface area is 130 Å². The minimum absolute atomic E-state index is 0.00976. The summed E-state index contributed by atoms with van der Waals surface area (Å²) < 4.78 is 27.6. The first-order valence-electron chi connectivity index (χ1n) is 5.40. The van der Waals surface area contributed by atoms with Crippen LogP contribution < -0.4 is 4.72 Å². The number of nitriles is 1. The molecule has 0 heterocycles. The van der Waals surface area contributed by atoms with Crippen LogP contribution in [0.25, 0.3) is 0 Å². The van der Waals surface area contributed by atoms with Gasteiger partial charge in [0.1, 0.15) is 0 Å². The molecule has 1 N–H and O–H groups in total. The topological polar surface area (TPSA) is 70.0 Å². The number of nitrogens with one attached hydrogen (secondary N) is 1. The molecule has 0 saturated carbocycles. The van der Waals surface area contributed by atoms with E-state index >= 15 is 0 Å². The van der Waals surface area contributed by atoms with Crippen LogP contribution in [0.2, 0.25) is 5.02 Å². The second kappa shape index (κ2) is 5.83. The Balaban J connectivity index is 2.38. The third-order valence-corrected chi connectivity index (χ3v) is 4.62. The van der Waals surface area contributed by atoms with Gasteiger partial charge in [-0.05, 0) is 36.4 Å². The number of anilines is 1. The highest BCUT2D eigenvalue weighted by atomic mass is 79.9. The Hall–Kier alpha value is -1.55. The first-order chi connectivity index (χ1) is 9.42. The van der Waals surface area contributed by atoms with Gasteiger partial charge in [0.05, 0.1) is 27.2 Å². The Morgan fingerprint density at radius 3 is 2.60 bits per heavy atom. The van der Waals surface area contributed by atoms with Gasteiger partial charge in [-0.25, -0.2) is 8.42 Å². The zero-order chi connectivity index (χ0) is 14.8. The van der Waals surface area contributed by atoms with E-state index in [4.69, 9.17) is 16.9 Å². The molecule has 0 unspecified atom stereocenters. The number of rotatable bonds is 3. The second-order valence-electron chi connectivity index (χ2n) is 3.87. The predicted octanol–water partition coefficient (Wildman–Crippen LogP) is 3.77. The molecular formula is C13H8BrClN2O2S. The molecule has 0 fully saturated rings. The fourth-order valence-electron chi connectivity index (χ4n) is 1.51. The second-order valence-corrected chi connectivity index (χ2v) is 6.87. The molecule has 2 aromatic carbocycles. The van der Waals surface area contributed by atoms with Gasteiger partial charge >= 0.3 is 0 Å². The van der Waals surface area contributed by atoms with E-state index in [1.807, 2.05) is 6.07 Å². The van der Waals surface area contributed by atoms with Crippen LogP contribution in [-0.4, -0.2) is 8.42 Å². The summed E-state index contributed by atoms with van der Waals surface area (Å²) in [6.45, 7) is 0. The van der Waals surface area contributed by atoms with Gasteiger partial charge in [-0.3, -0.25) is 4.72 Å². The standard InChI is InChI=1S/C13H8BrClN2O2S/c14-10-4-5-13(12(15)7-10)17-20(18,19)11-3-1-2-9(6-11)8-16/h1-7,17H. The average molecular weight is 372 g/mol. The SMILES string of the molecule is N#Cc1cccc(S(=O)(=O)Nc2ccc(Br)cc2Cl)c1. The lowest BCUT2D eigenvalue weighted by Gasteiger charge is -2.10.